The first-order chi connectivity index (χ1) is 14.8. The number of hydrogen-bond acceptors (Lipinski definition) is 10. The quantitative estimate of drug-likeness (QED) is 0.385. The molecule has 3 aromatic rings. The van der Waals surface area contributed by atoms with Gasteiger partial charge >= 0.3 is 0 Å². The number of carbonyl (C=O) groups is 3. The molecule has 0 bridgehead atoms. The van der Waals surface area contributed by atoms with E-state index in [-0.39, 0.29) is 16.7 Å². The third kappa shape index (κ3) is 5.90. The molecule has 0 unspecified atom stereocenters. The van der Waals surface area contributed by atoms with Crippen LogP contribution in [-0.4, -0.2) is 37.8 Å². The first-order valence-electron chi connectivity index (χ1n) is 9.03. The second-order valence-corrected chi connectivity index (χ2v) is 6.62. The average Bonchev–Trinajstić information content (AvgIpc) is 2.75. The van der Waals surface area contributed by atoms with Crippen molar-refractivity contribution in [3.05, 3.63) is 88.8 Å². The third-order valence-electron chi connectivity index (χ3n) is 4.34. The van der Waals surface area contributed by atoms with E-state index in [1.54, 1.807) is 18.2 Å². The highest BCUT2D eigenvalue weighted by Crippen LogP contribution is 2.13. The Hall–Kier alpha value is -4.18. The Morgan fingerprint density at radius 2 is 0.871 bits per heavy atom. The average molecular weight is 419 g/mol. The summed E-state index contributed by atoms with van der Waals surface area (Å²) in [6.45, 7) is 0.878. The number of aromatic carboxylic acids is 3. The molecule has 0 atom stereocenters. The van der Waals surface area contributed by atoms with Crippen LogP contribution in [0.15, 0.2) is 55.0 Å². The van der Waals surface area contributed by atoms with Gasteiger partial charge in [-0.05, 0) is 36.4 Å². The molecule has 0 saturated carbocycles. The van der Waals surface area contributed by atoms with Gasteiger partial charge in [0, 0.05) is 54.9 Å². The van der Waals surface area contributed by atoms with E-state index < -0.39 is 17.9 Å². The monoisotopic (exact) mass is 419 g/mol. The molecule has 0 aliphatic rings. The van der Waals surface area contributed by atoms with E-state index in [0.29, 0.717) is 36.7 Å². The Labute approximate surface area is 176 Å². The number of aromatic nitrogens is 3. The first-order valence-corrected chi connectivity index (χ1v) is 9.03. The van der Waals surface area contributed by atoms with Crippen LogP contribution in [0.4, 0.5) is 0 Å². The van der Waals surface area contributed by atoms with E-state index in [0.717, 1.165) is 0 Å². The highest BCUT2D eigenvalue weighted by molar-refractivity contribution is 5.86. The molecule has 10 nitrogen and oxygen atoms in total. The number of carboxylic acid groups (broad SMARTS) is 3. The van der Waals surface area contributed by atoms with E-state index in [1.165, 1.54) is 36.8 Å². The van der Waals surface area contributed by atoms with Crippen LogP contribution in [0.3, 0.4) is 0 Å². The Morgan fingerprint density at radius 1 is 0.581 bits per heavy atom. The molecule has 0 aliphatic carbocycles. The Morgan fingerprint density at radius 3 is 1.06 bits per heavy atom. The lowest BCUT2D eigenvalue weighted by atomic mass is 10.2. The largest absolute Gasteiger partial charge is 0.545 e. The number of nitrogens with zero attached hydrogens (tertiary/aromatic N) is 4. The zero-order valence-corrected chi connectivity index (χ0v) is 16.1. The summed E-state index contributed by atoms with van der Waals surface area (Å²) >= 11 is 0. The Bertz CT molecular complexity index is 941. The molecule has 0 fully saturated rings. The van der Waals surface area contributed by atoms with Crippen molar-refractivity contribution in [2.75, 3.05) is 0 Å². The molecular formula is C21H15N4O6-3. The molecule has 0 aliphatic heterocycles. The van der Waals surface area contributed by atoms with Gasteiger partial charge in [0.15, 0.2) is 0 Å². The predicted octanol–water partition coefficient (Wildman–Crippen LogP) is -1.84. The molecule has 0 saturated heterocycles. The normalized spacial score (nSPS) is 10.7. The molecule has 0 spiro atoms. The smallest absolute Gasteiger partial charge is 0.0730 e. The minimum absolute atomic E-state index is 0.0469. The number of rotatable bonds is 9. The summed E-state index contributed by atoms with van der Waals surface area (Å²) in [6, 6.07) is 8.81. The van der Waals surface area contributed by atoms with Gasteiger partial charge in [-0.15, -0.1) is 0 Å². The zero-order valence-electron chi connectivity index (χ0n) is 16.1. The topological polar surface area (TPSA) is 162 Å². The molecule has 0 radical (unpaired) electrons. The van der Waals surface area contributed by atoms with Gasteiger partial charge in [-0.2, -0.15) is 0 Å². The van der Waals surface area contributed by atoms with Gasteiger partial charge in [-0.1, -0.05) is 0 Å². The van der Waals surface area contributed by atoms with Crippen LogP contribution in [0.2, 0.25) is 0 Å². The molecule has 31 heavy (non-hydrogen) atoms. The minimum Gasteiger partial charge on any atom is -0.545 e. The Kier molecular flexibility index (Phi) is 6.63. The van der Waals surface area contributed by atoms with Crippen LogP contribution < -0.4 is 15.3 Å². The maximum atomic E-state index is 10.9. The fourth-order valence-electron chi connectivity index (χ4n) is 2.77. The van der Waals surface area contributed by atoms with Crippen molar-refractivity contribution in [1.82, 2.24) is 19.9 Å². The SMILES string of the molecule is O=C([O-])c1ccc(CN(Cc2ccc(C(=O)[O-])cn2)Cc2ccc(C(=O)[O-])cn2)nc1. The third-order valence-corrected chi connectivity index (χ3v) is 4.34. The van der Waals surface area contributed by atoms with E-state index in [4.69, 9.17) is 0 Å². The number of pyridine rings is 3. The number of hydrogen-bond donors (Lipinski definition) is 0. The van der Waals surface area contributed by atoms with E-state index in [2.05, 4.69) is 15.0 Å². The second-order valence-electron chi connectivity index (χ2n) is 6.62. The van der Waals surface area contributed by atoms with E-state index >= 15 is 0 Å². The maximum Gasteiger partial charge on any atom is 0.0730 e. The zero-order chi connectivity index (χ0) is 22.4. The highest BCUT2D eigenvalue weighted by atomic mass is 16.4. The standard InChI is InChI=1S/C21H18N4O6/c26-19(27)13-1-4-16(22-7-13)10-25(11-17-5-2-14(8-23-17)20(28)29)12-18-6-3-15(9-24-18)21(30)31/h1-9H,10-12H2,(H,26,27)(H,28,29)(H,30,31)/p-3. The number of carbonyl (C=O) groups excluding carboxylic acids is 3. The van der Waals surface area contributed by atoms with Crippen molar-refractivity contribution in [2.45, 2.75) is 19.6 Å². The van der Waals surface area contributed by atoms with Gasteiger partial charge in [-0.3, -0.25) is 19.9 Å². The van der Waals surface area contributed by atoms with Crippen molar-refractivity contribution in [1.29, 1.82) is 0 Å². The summed E-state index contributed by atoms with van der Waals surface area (Å²) < 4.78 is 0. The minimum atomic E-state index is -1.33. The van der Waals surface area contributed by atoms with Gasteiger partial charge in [0.25, 0.3) is 0 Å². The lowest BCUT2D eigenvalue weighted by Crippen LogP contribution is -2.26. The summed E-state index contributed by atoms with van der Waals surface area (Å²) in [6.07, 6.45) is 3.59. The highest BCUT2D eigenvalue weighted by Gasteiger charge is 2.12. The molecule has 0 N–H and O–H groups in total. The van der Waals surface area contributed by atoms with Gasteiger partial charge in [0.1, 0.15) is 0 Å². The van der Waals surface area contributed by atoms with Gasteiger partial charge in [0.05, 0.1) is 35.0 Å². The van der Waals surface area contributed by atoms with Gasteiger partial charge in [0.2, 0.25) is 0 Å². The molecule has 0 aromatic carbocycles. The van der Waals surface area contributed by atoms with Crippen molar-refractivity contribution < 1.29 is 29.7 Å². The van der Waals surface area contributed by atoms with Crippen LogP contribution >= 0.6 is 0 Å². The summed E-state index contributed by atoms with van der Waals surface area (Å²) in [4.78, 5) is 46.9. The molecule has 0 amide bonds. The van der Waals surface area contributed by atoms with Crippen molar-refractivity contribution in [3.8, 4) is 0 Å². The summed E-state index contributed by atoms with van der Waals surface area (Å²) in [5, 5.41) is 32.7. The second kappa shape index (κ2) is 9.55. The number of carboxylic acids is 3. The Balaban J connectivity index is 1.80. The van der Waals surface area contributed by atoms with Crippen molar-refractivity contribution in [2.24, 2.45) is 0 Å². The lowest BCUT2D eigenvalue weighted by Gasteiger charge is -2.22. The van der Waals surface area contributed by atoms with Crippen LogP contribution in [-0.2, 0) is 19.6 Å². The van der Waals surface area contributed by atoms with Crippen LogP contribution in [0.1, 0.15) is 48.2 Å². The summed E-state index contributed by atoms with van der Waals surface area (Å²) in [7, 11) is 0. The van der Waals surface area contributed by atoms with E-state index in [9.17, 15) is 29.7 Å². The maximum absolute atomic E-state index is 10.9. The first kappa shape index (κ1) is 21.5. The van der Waals surface area contributed by atoms with Gasteiger partial charge < -0.3 is 29.7 Å². The summed E-state index contributed by atoms with van der Waals surface area (Å²) in [5.74, 6) is -3.99. The van der Waals surface area contributed by atoms with Crippen LogP contribution in [0, 0.1) is 0 Å². The molecule has 3 aromatic heterocycles. The van der Waals surface area contributed by atoms with Crippen LogP contribution in [0.25, 0.3) is 0 Å². The van der Waals surface area contributed by atoms with Crippen LogP contribution in [0.5, 0.6) is 0 Å². The molecule has 158 valence electrons. The molecule has 3 rings (SSSR count). The summed E-state index contributed by atoms with van der Waals surface area (Å²) in [5.41, 5.74) is 1.58. The van der Waals surface area contributed by atoms with Crippen molar-refractivity contribution in [3.63, 3.8) is 0 Å². The molecular weight excluding hydrogens is 404 g/mol. The van der Waals surface area contributed by atoms with Crippen molar-refractivity contribution >= 4 is 17.9 Å². The lowest BCUT2D eigenvalue weighted by molar-refractivity contribution is -0.256. The molecule has 10 heteroatoms. The van der Waals surface area contributed by atoms with Gasteiger partial charge in [-0.25, -0.2) is 0 Å². The van der Waals surface area contributed by atoms with E-state index in [1.807, 2.05) is 4.90 Å². The molecule has 3 heterocycles. The fraction of sp³-hybridized carbons (Fsp3) is 0.143. The predicted molar refractivity (Wildman–Crippen MR) is 98.7 cm³/mol. The fourth-order valence-corrected chi connectivity index (χ4v) is 2.77.